The number of carbonyl (C=O) groups excluding carboxylic acids is 3. The van der Waals surface area contributed by atoms with Crippen molar-refractivity contribution in [3.63, 3.8) is 0 Å². The fourth-order valence-corrected chi connectivity index (χ4v) is 2.41. The molecule has 0 radical (unpaired) electrons. The van der Waals surface area contributed by atoms with Gasteiger partial charge in [-0.2, -0.15) is 4.90 Å². The minimum absolute atomic E-state index is 0.126. The molecule has 0 aromatic heterocycles. The fraction of sp³-hybridized carbons (Fsp3) is 0.722. The highest BCUT2D eigenvalue weighted by Gasteiger charge is 2.68. The Balaban J connectivity index is 3.29. The molecule has 1 saturated carbocycles. The molecule has 0 saturated heterocycles. The molecule has 0 N–H and O–H groups in total. The summed E-state index contributed by atoms with van der Waals surface area (Å²) in [6, 6.07) is 0. The summed E-state index contributed by atoms with van der Waals surface area (Å²) in [4.78, 5) is 38.7. The highest BCUT2D eigenvalue weighted by atomic mass is 16.6. The van der Waals surface area contributed by atoms with Crippen molar-refractivity contribution < 1.29 is 28.6 Å². The van der Waals surface area contributed by atoms with E-state index in [1.165, 1.54) is 6.08 Å². The summed E-state index contributed by atoms with van der Waals surface area (Å²) in [7, 11) is 0. The summed E-state index contributed by atoms with van der Waals surface area (Å²) in [5.41, 5.74) is -3.15. The first kappa shape index (κ1) is 21.0. The summed E-state index contributed by atoms with van der Waals surface area (Å²) in [5.74, 6) is -1.08. The average Bonchev–Trinajstić information content (AvgIpc) is 3.10. The van der Waals surface area contributed by atoms with Crippen molar-refractivity contribution in [2.75, 3.05) is 6.61 Å². The molecule has 7 heteroatoms. The van der Waals surface area contributed by atoms with Crippen LogP contribution in [0.25, 0.3) is 0 Å². The lowest BCUT2D eigenvalue weighted by Crippen LogP contribution is -2.55. The van der Waals surface area contributed by atoms with Crippen molar-refractivity contribution in [2.45, 2.75) is 71.6 Å². The van der Waals surface area contributed by atoms with Crippen LogP contribution >= 0.6 is 0 Å². The molecule has 1 rings (SSSR count). The molecule has 1 fully saturated rings. The highest BCUT2D eigenvalue weighted by molar-refractivity contribution is 5.99. The molecule has 2 amide bonds. The van der Waals surface area contributed by atoms with E-state index in [1.54, 1.807) is 48.5 Å². The van der Waals surface area contributed by atoms with Crippen LogP contribution in [-0.2, 0) is 19.0 Å². The van der Waals surface area contributed by atoms with E-state index in [1.807, 2.05) is 0 Å². The Kier molecular flexibility index (Phi) is 5.93. The van der Waals surface area contributed by atoms with Crippen molar-refractivity contribution in [3.05, 3.63) is 12.7 Å². The molecule has 142 valence electrons. The van der Waals surface area contributed by atoms with Crippen LogP contribution in [0.5, 0.6) is 0 Å². The quantitative estimate of drug-likeness (QED) is 0.435. The second-order valence-electron chi connectivity index (χ2n) is 7.99. The molecular formula is C18H29NO6. The van der Waals surface area contributed by atoms with Crippen LogP contribution in [0.4, 0.5) is 9.59 Å². The molecule has 1 unspecified atom stereocenters. The van der Waals surface area contributed by atoms with Gasteiger partial charge in [-0.1, -0.05) is 6.08 Å². The third-order valence-electron chi connectivity index (χ3n) is 3.45. The van der Waals surface area contributed by atoms with E-state index >= 15 is 0 Å². The van der Waals surface area contributed by atoms with Crippen LogP contribution in [0.3, 0.4) is 0 Å². The Morgan fingerprint density at radius 1 is 1.08 bits per heavy atom. The predicted molar refractivity (Wildman–Crippen MR) is 92.0 cm³/mol. The molecule has 1 aliphatic carbocycles. The maximum atomic E-state index is 12.7. The van der Waals surface area contributed by atoms with Gasteiger partial charge in [0.25, 0.3) is 0 Å². The zero-order valence-electron chi connectivity index (χ0n) is 16.2. The van der Waals surface area contributed by atoms with Gasteiger partial charge in [0.15, 0.2) is 5.54 Å². The Morgan fingerprint density at radius 2 is 1.52 bits per heavy atom. The summed E-state index contributed by atoms with van der Waals surface area (Å²) >= 11 is 0. The molecule has 0 heterocycles. The molecule has 2 atom stereocenters. The molecule has 1 aliphatic rings. The van der Waals surface area contributed by atoms with Crippen molar-refractivity contribution in [1.82, 2.24) is 4.90 Å². The first-order chi connectivity index (χ1) is 11.3. The standard InChI is InChI=1S/C18H29NO6/c1-9-12-11-18(12,13(20)23-10-2)19(14(21)24-16(3,4)5)15(22)25-17(6,7)8/h9,12H,1,10-11H2,2-8H3/t12?,18-/m1/s1. The molecule has 0 aliphatic heterocycles. The maximum absolute atomic E-state index is 12.7. The van der Waals surface area contributed by atoms with Crippen molar-refractivity contribution in [2.24, 2.45) is 5.92 Å². The van der Waals surface area contributed by atoms with Crippen LogP contribution in [0.15, 0.2) is 12.7 Å². The van der Waals surface area contributed by atoms with E-state index in [-0.39, 0.29) is 13.0 Å². The van der Waals surface area contributed by atoms with Gasteiger partial charge in [0, 0.05) is 5.92 Å². The topological polar surface area (TPSA) is 82.1 Å². The van der Waals surface area contributed by atoms with Gasteiger partial charge in [0.1, 0.15) is 11.2 Å². The second-order valence-corrected chi connectivity index (χ2v) is 7.99. The van der Waals surface area contributed by atoms with Crippen molar-refractivity contribution >= 4 is 18.2 Å². The van der Waals surface area contributed by atoms with Gasteiger partial charge < -0.3 is 14.2 Å². The minimum Gasteiger partial charge on any atom is -0.464 e. The van der Waals surface area contributed by atoms with E-state index < -0.39 is 40.8 Å². The number of amides is 2. The van der Waals surface area contributed by atoms with Gasteiger partial charge in [0.2, 0.25) is 0 Å². The van der Waals surface area contributed by atoms with Crippen LogP contribution < -0.4 is 0 Å². The molecule has 0 aromatic rings. The third kappa shape index (κ3) is 4.96. The van der Waals surface area contributed by atoms with Gasteiger partial charge in [-0.05, 0) is 54.9 Å². The lowest BCUT2D eigenvalue weighted by Gasteiger charge is -2.33. The molecule has 0 spiro atoms. The Labute approximate surface area is 149 Å². The lowest BCUT2D eigenvalue weighted by atomic mass is 10.1. The SMILES string of the molecule is C=CC1C[C@@]1(C(=O)OCC)N(C(=O)OC(C)(C)C)C(=O)OC(C)(C)C. The molecule has 25 heavy (non-hydrogen) atoms. The smallest absolute Gasteiger partial charge is 0.420 e. The molecule has 7 nitrogen and oxygen atoms in total. The number of rotatable bonds is 4. The number of hydrogen-bond acceptors (Lipinski definition) is 6. The fourth-order valence-electron chi connectivity index (χ4n) is 2.41. The van der Waals surface area contributed by atoms with Gasteiger partial charge in [-0.25, -0.2) is 14.4 Å². The van der Waals surface area contributed by atoms with Gasteiger partial charge in [-0.15, -0.1) is 6.58 Å². The average molecular weight is 355 g/mol. The molecule has 0 bridgehead atoms. The zero-order valence-corrected chi connectivity index (χ0v) is 16.2. The first-order valence-corrected chi connectivity index (χ1v) is 8.34. The van der Waals surface area contributed by atoms with Gasteiger partial charge in [0.05, 0.1) is 6.61 Å². The molecular weight excluding hydrogens is 326 g/mol. The predicted octanol–water partition coefficient (Wildman–Crippen LogP) is 3.67. The first-order valence-electron chi connectivity index (χ1n) is 8.34. The van der Waals surface area contributed by atoms with Crippen LogP contribution in [0.1, 0.15) is 54.9 Å². The van der Waals surface area contributed by atoms with Crippen molar-refractivity contribution in [3.8, 4) is 0 Å². The van der Waals surface area contributed by atoms with Crippen LogP contribution in [-0.4, -0.2) is 46.4 Å². The summed E-state index contributed by atoms with van der Waals surface area (Å²) in [6.07, 6.45) is -0.134. The number of ether oxygens (including phenoxy) is 3. The Bertz CT molecular complexity index is 529. The Morgan fingerprint density at radius 3 is 1.80 bits per heavy atom. The number of esters is 1. The van der Waals surface area contributed by atoms with E-state index in [0.29, 0.717) is 0 Å². The monoisotopic (exact) mass is 355 g/mol. The third-order valence-corrected chi connectivity index (χ3v) is 3.45. The summed E-state index contributed by atoms with van der Waals surface area (Å²) in [5, 5.41) is 0. The maximum Gasteiger partial charge on any atom is 0.420 e. The van der Waals surface area contributed by atoms with Crippen LogP contribution in [0.2, 0.25) is 0 Å². The van der Waals surface area contributed by atoms with Crippen LogP contribution in [0, 0.1) is 5.92 Å². The van der Waals surface area contributed by atoms with Gasteiger partial charge in [-0.3, -0.25) is 0 Å². The highest BCUT2D eigenvalue weighted by Crippen LogP contribution is 2.51. The van der Waals surface area contributed by atoms with E-state index in [4.69, 9.17) is 14.2 Å². The number of hydrogen-bond donors (Lipinski definition) is 0. The minimum atomic E-state index is -1.47. The van der Waals surface area contributed by atoms with Crippen molar-refractivity contribution in [1.29, 1.82) is 0 Å². The van der Waals surface area contributed by atoms with Gasteiger partial charge >= 0.3 is 18.2 Å². The normalized spacial score (nSPS) is 22.6. The summed E-state index contributed by atoms with van der Waals surface area (Å²) in [6.45, 7) is 15.5. The second kappa shape index (κ2) is 7.06. The number of imide groups is 1. The largest absolute Gasteiger partial charge is 0.464 e. The summed E-state index contributed by atoms with van der Waals surface area (Å²) < 4.78 is 15.8. The van der Waals surface area contributed by atoms with E-state index in [9.17, 15) is 14.4 Å². The molecule has 0 aromatic carbocycles. The lowest BCUT2D eigenvalue weighted by molar-refractivity contribution is -0.151. The number of carbonyl (C=O) groups is 3. The number of nitrogens with zero attached hydrogens (tertiary/aromatic N) is 1. The van der Waals surface area contributed by atoms with E-state index in [2.05, 4.69) is 6.58 Å². The Hall–Kier alpha value is -2.05. The van der Waals surface area contributed by atoms with E-state index in [0.717, 1.165) is 4.90 Å². The zero-order chi connectivity index (χ0) is 19.6.